The van der Waals surface area contributed by atoms with E-state index in [-0.39, 0.29) is 25.3 Å². The van der Waals surface area contributed by atoms with Crippen LogP contribution in [0.15, 0.2) is 30.5 Å². The topological polar surface area (TPSA) is 182 Å². The molecule has 4 amide bonds. The van der Waals surface area contributed by atoms with Gasteiger partial charge in [-0.05, 0) is 82.0 Å². The number of likely N-dealkylation sites (tertiary alicyclic amines) is 1. The van der Waals surface area contributed by atoms with Gasteiger partial charge in [0.05, 0.1) is 18.9 Å². The second-order valence-corrected chi connectivity index (χ2v) is 17.7. The van der Waals surface area contributed by atoms with Crippen molar-refractivity contribution in [3.05, 3.63) is 30.5 Å². The Kier molecular flexibility index (Phi) is 11.0. The Labute approximate surface area is 294 Å². The van der Waals surface area contributed by atoms with E-state index < -0.39 is 73.8 Å². The summed E-state index contributed by atoms with van der Waals surface area (Å²) in [6, 6.07) is 5.00. The van der Waals surface area contributed by atoms with Crippen LogP contribution in [-0.4, -0.2) is 90.3 Å². The van der Waals surface area contributed by atoms with Crippen molar-refractivity contribution in [2.45, 2.75) is 116 Å². The van der Waals surface area contributed by atoms with Gasteiger partial charge in [0.1, 0.15) is 35.1 Å². The number of amides is 4. The molecule has 1 aliphatic carbocycles. The number of pyridine rings is 1. The van der Waals surface area contributed by atoms with Crippen LogP contribution in [0.3, 0.4) is 0 Å². The van der Waals surface area contributed by atoms with Gasteiger partial charge >= 0.3 is 6.09 Å². The minimum atomic E-state index is -3.97. The van der Waals surface area contributed by atoms with Gasteiger partial charge in [0.15, 0.2) is 0 Å². The summed E-state index contributed by atoms with van der Waals surface area (Å²) in [6.07, 6.45) is 0.879. The Bertz CT molecular complexity index is 1730. The van der Waals surface area contributed by atoms with E-state index in [0.29, 0.717) is 23.4 Å². The van der Waals surface area contributed by atoms with Gasteiger partial charge in [0.2, 0.25) is 27.7 Å². The van der Waals surface area contributed by atoms with Crippen molar-refractivity contribution in [2.24, 2.45) is 11.3 Å². The molecule has 2 aliphatic rings. The maximum absolute atomic E-state index is 14.4. The van der Waals surface area contributed by atoms with Gasteiger partial charge in [-0.2, -0.15) is 0 Å². The summed E-state index contributed by atoms with van der Waals surface area (Å²) in [6.45, 7) is 15.2. The number of alkyl carbamates (subject to hydrolysis) is 1. The molecule has 2 fully saturated rings. The summed E-state index contributed by atoms with van der Waals surface area (Å²) in [5.41, 5.74) is -3.09. The SMILES string of the molecule is CC[C@H]1C[C@@]1(NC(=O)[C@@H]1C[C@@H](Oc2nccc3cc(OC)ccc23)CN1C(=O)[C@@H](NC(=O)OC(C)(C)C)C(C)(C)C)C(=O)NS(=O)(=O)C(C)C. The number of ether oxygens (including phenoxy) is 3. The second kappa shape index (κ2) is 14.2. The first-order valence-corrected chi connectivity index (χ1v) is 18.4. The van der Waals surface area contributed by atoms with Crippen LogP contribution in [0.2, 0.25) is 0 Å². The monoisotopic (exact) mass is 717 g/mol. The van der Waals surface area contributed by atoms with Crippen LogP contribution in [0.4, 0.5) is 4.79 Å². The van der Waals surface area contributed by atoms with Crippen LogP contribution < -0.4 is 24.8 Å². The van der Waals surface area contributed by atoms with Crippen molar-refractivity contribution >= 4 is 44.6 Å². The lowest BCUT2D eigenvalue weighted by atomic mass is 9.85. The smallest absolute Gasteiger partial charge is 0.408 e. The van der Waals surface area contributed by atoms with Crippen molar-refractivity contribution in [2.75, 3.05) is 13.7 Å². The maximum Gasteiger partial charge on any atom is 0.408 e. The Hall–Kier alpha value is -4.14. The molecule has 1 aromatic heterocycles. The van der Waals surface area contributed by atoms with E-state index in [1.165, 1.54) is 18.7 Å². The molecule has 2 aromatic rings. The molecule has 2 heterocycles. The predicted octanol–water partition coefficient (Wildman–Crippen LogP) is 3.67. The highest BCUT2D eigenvalue weighted by Crippen LogP contribution is 2.46. The zero-order valence-corrected chi connectivity index (χ0v) is 31.4. The summed E-state index contributed by atoms with van der Waals surface area (Å²) >= 11 is 0. The van der Waals surface area contributed by atoms with Crippen LogP contribution in [0.25, 0.3) is 10.8 Å². The van der Waals surface area contributed by atoms with Crippen LogP contribution in [0, 0.1) is 11.3 Å². The number of aromatic nitrogens is 1. The fourth-order valence-corrected chi connectivity index (χ4v) is 6.75. The van der Waals surface area contributed by atoms with Gasteiger partial charge in [-0.15, -0.1) is 0 Å². The highest BCUT2D eigenvalue weighted by atomic mass is 32.2. The molecule has 1 aliphatic heterocycles. The van der Waals surface area contributed by atoms with E-state index >= 15 is 0 Å². The van der Waals surface area contributed by atoms with Crippen LogP contribution in [-0.2, 0) is 29.1 Å². The highest BCUT2D eigenvalue weighted by molar-refractivity contribution is 7.90. The van der Waals surface area contributed by atoms with Gasteiger partial charge < -0.3 is 29.7 Å². The minimum Gasteiger partial charge on any atom is -0.497 e. The number of hydrogen-bond acceptors (Lipinski definition) is 10. The average molecular weight is 718 g/mol. The molecule has 5 atom stereocenters. The third-order valence-corrected chi connectivity index (χ3v) is 10.8. The first kappa shape index (κ1) is 38.7. The number of methoxy groups -OCH3 is 1. The van der Waals surface area contributed by atoms with E-state index in [1.54, 1.807) is 60.9 Å². The van der Waals surface area contributed by atoms with Crippen LogP contribution in [0.1, 0.15) is 81.6 Å². The predicted molar refractivity (Wildman–Crippen MR) is 187 cm³/mol. The van der Waals surface area contributed by atoms with Crippen molar-refractivity contribution in [1.29, 1.82) is 0 Å². The third kappa shape index (κ3) is 8.59. The Balaban J connectivity index is 1.67. The molecular formula is C35H51N5O9S. The number of fused-ring (bicyclic) bond motifs is 1. The molecular weight excluding hydrogens is 666 g/mol. The fraction of sp³-hybridized carbons (Fsp3) is 0.629. The molecule has 1 saturated heterocycles. The molecule has 15 heteroatoms. The van der Waals surface area contributed by atoms with E-state index in [4.69, 9.17) is 14.2 Å². The summed E-state index contributed by atoms with van der Waals surface area (Å²) in [4.78, 5) is 60.8. The standard InChI is InChI=1S/C35H51N5O9S/c1-11-22-18-35(22,31(43)39-50(45,46)20(2)3)38-28(41)26-17-24(48-29-25-13-12-23(47-10)16-21(25)14-15-36-29)19-40(26)30(42)27(33(4,5)6)37-32(44)49-34(7,8)9/h12-16,20,22,24,26-27H,11,17-19H2,1-10H3,(H,37,44)(H,38,41)(H,39,43)/t22-,24+,26-,27+,35-/m0/s1. The number of rotatable bonds is 11. The average Bonchev–Trinajstić information content (AvgIpc) is 3.56. The molecule has 14 nitrogen and oxygen atoms in total. The number of carbonyl (C=O) groups excluding carboxylic acids is 4. The fourth-order valence-electron chi connectivity index (χ4n) is 6.07. The molecule has 1 aromatic carbocycles. The molecule has 0 unspecified atom stereocenters. The van der Waals surface area contributed by atoms with Crippen molar-refractivity contribution in [1.82, 2.24) is 25.2 Å². The van der Waals surface area contributed by atoms with Gasteiger partial charge in [0.25, 0.3) is 5.91 Å². The van der Waals surface area contributed by atoms with E-state index in [2.05, 4.69) is 20.3 Å². The van der Waals surface area contributed by atoms with Gasteiger partial charge in [-0.1, -0.05) is 34.1 Å². The minimum absolute atomic E-state index is 0.0356. The first-order valence-electron chi connectivity index (χ1n) is 16.9. The Morgan fingerprint density at radius 3 is 2.32 bits per heavy atom. The van der Waals surface area contributed by atoms with Crippen molar-refractivity contribution in [3.63, 3.8) is 0 Å². The summed E-state index contributed by atoms with van der Waals surface area (Å²) in [7, 11) is -2.40. The molecule has 0 bridgehead atoms. The second-order valence-electron chi connectivity index (χ2n) is 15.4. The Morgan fingerprint density at radius 2 is 1.76 bits per heavy atom. The van der Waals surface area contributed by atoms with E-state index in [0.717, 1.165) is 5.39 Å². The summed E-state index contributed by atoms with van der Waals surface area (Å²) in [5, 5.41) is 6.17. The van der Waals surface area contributed by atoms with E-state index in [9.17, 15) is 27.6 Å². The number of sulfonamides is 1. The first-order chi connectivity index (χ1) is 23.1. The number of benzene rings is 1. The maximum atomic E-state index is 14.4. The lowest BCUT2D eigenvalue weighted by molar-refractivity contribution is -0.143. The zero-order valence-electron chi connectivity index (χ0n) is 30.6. The molecule has 276 valence electrons. The van der Waals surface area contributed by atoms with Gasteiger partial charge in [-0.25, -0.2) is 18.2 Å². The molecule has 50 heavy (non-hydrogen) atoms. The Morgan fingerprint density at radius 1 is 1.08 bits per heavy atom. The molecule has 1 saturated carbocycles. The van der Waals surface area contributed by atoms with Crippen LogP contribution in [0.5, 0.6) is 11.6 Å². The van der Waals surface area contributed by atoms with Crippen molar-refractivity contribution < 1.29 is 41.8 Å². The summed E-state index contributed by atoms with van der Waals surface area (Å²) < 4.78 is 44.5. The number of nitrogens with zero attached hydrogens (tertiary/aromatic N) is 2. The lowest BCUT2D eigenvalue weighted by Crippen LogP contribution is -2.60. The number of carbonyl (C=O) groups is 4. The largest absolute Gasteiger partial charge is 0.497 e. The quantitative estimate of drug-likeness (QED) is 0.310. The van der Waals surface area contributed by atoms with Gasteiger partial charge in [-0.3, -0.25) is 19.1 Å². The molecule has 3 N–H and O–H groups in total. The van der Waals surface area contributed by atoms with Gasteiger partial charge in [0, 0.05) is 18.0 Å². The number of nitrogens with one attached hydrogen (secondary N) is 3. The normalized spacial score (nSPS) is 22.9. The zero-order chi connectivity index (χ0) is 37.4. The van der Waals surface area contributed by atoms with Crippen LogP contribution >= 0.6 is 0 Å². The molecule has 4 rings (SSSR count). The molecule has 0 spiro atoms. The number of hydrogen-bond donors (Lipinski definition) is 3. The van der Waals surface area contributed by atoms with E-state index in [1.807, 2.05) is 25.1 Å². The summed E-state index contributed by atoms with van der Waals surface area (Å²) in [5.74, 6) is -1.36. The lowest BCUT2D eigenvalue weighted by Gasteiger charge is -2.36. The molecule has 0 radical (unpaired) electrons. The highest BCUT2D eigenvalue weighted by Gasteiger charge is 2.62. The third-order valence-electron chi connectivity index (χ3n) is 9.04. The van der Waals surface area contributed by atoms with Crippen molar-refractivity contribution in [3.8, 4) is 11.6 Å².